The molecule has 3 rings (SSSR count). The Balaban J connectivity index is 1.60. The Bertz CT molecular complexity index is 663. The Kier molecular flexibility index (Phi) is 4.28. The number of para-hydroxylation sites is 1. The van der Waals surface area contributed by atoms with E-state index in [1.54, 1.807) is 11.9 Å². The number of benzene rings is 1. The van der Waals surface area contributed by atoms with Gasteiger partial charge in [0.15, 0.2) is 18.2 Å². The summed E-state index contributed by atoms with van der Waals surface area (Å²) in [7, 11) is 3.10. The summed E-state index contributed by atoms with van der Waals surface area (Å²) in [6, 6.07) is 8.60. The highest BCUT2D eigenvalue weighted by atomic mass is 16.5. The lowest BCUT2D eigenvalue weighted by atomic mass is 10.1. The molecule has 0 spiro atoms. The topological polar surface area (TPSA) is 91.5 Å². The molecule has 2 heterocycles. The van der Waals surface area contributed by atoms with Gasteiger partial charge in [-0.15, -0.1) is 0 Å². The minimum atomic E-state index is -0.561. The van der Waals surface area contributed by atoms with E-state index in [9.17, 15) is 9.59 Å². The molecule has 3 amide bonds. The fraction of sp³-hybridized carbons (Fsp3) is 0.438. The zero-order valence-corrected chi connectivity index (χ0v) is 13.8. The third-order valence-corrected chi connectivity index (χ3v) is 4.30. The van der Waals surface area contributed by atoms with Crippen LogP contribution in [-0.4, -0.2) is 72.1 Å². The third kappa shape index (κ3) is 2.75. The summed E-state index contributed by atoms with van der Waals surface area (Å²) in [4.78, 5) is 33.0. The molecule has 2 aliphatic rings. The van der Waals surface area contributed by atoms with Crippen molar-refractivity contribution in [2.75, 3.05) is 27.2 Å². The Morgan fingerprint density at radius 3 is 2.62 bits per heavy atom. The van der Waals surface area contributed by atoms with E-state index in [4.69, 9.17) is 10.5 Å². The number of fused-ring (bicyclic) bond motifs is 1. The molecule has 0 saturated carbocycles. The van der Waals surface area contributed by atoms with Crippen LogP contribution in [-0.2, 0) is 4.79 Å². The van der Waals surface area contributed by atoms with Gasteiger partial charge in [-0.2, -0.15) is 0 Å². The Labute approximate surface area is 140 Å². The normalized spacial score (nSPS) is 23.4. The van der Waals surface area contributed by atoms with Crippen LogP contribution in [0.15, 0.2) is 35.3 Å². The summed E-state index contributed by atoms with van der Waals surface area (Å²) in [6.07, 6.45) is 0.124. The first-order valence-corrected chi connectivity index (χ1v) is 7.83. The predicted molar refractivity (Wildman–Crippen MR) is 88.4 cm³/mol. The van der Waals surface area contributed by atoms with Crippen molar-refractivity contribution in [1.82, 2.24) is 14.7 Å². The fourth-order valence-electron chi connectivity index (χ4n) is 2.98. The molecule has 1 saturated heterocycles. The number of nitrogens with zero attached hydrogens (tertiary/aromatic N) is 4. The van der Waals surface area contributed by atoms with E-state index < -0.39 is 12.2 Å². The lowest BCUT2D eigenvalue weighted by Crippen LogP contribution is -2.64. The van der Waals surface area contributed by atoms with Gasteiger partial charge in [-0.25, -0.2) is 9.79 Å². The van der Waals surface area contributed by atoms with E-state index in [1.165, 1.54) is 11.9 Å². The van der Waals surface area contributed by atoms with Crippen molar-refractivity contribution in [1.29, 1.82) is 0 Å². The lowest BCUT2D eigenvalue weighted by Gasteiger charge is -2.39. The van der Waals surface area contributed by atoms with Crippen LogP contribution in [0.25, 0.3) is 0 Å². The number of amides is 3. The standard InChI is InChI=1S/C16H21N5O3/c1-19-13-12(14(22)20(2)16(19)23)21(15(17)18-13)9-6-10-24-11-7-4-3-5-8-11/h3-5,7-8,12-13H,6,9-10H2,1-2H3,(H2,17,18). The van der Waals surface area contributed by atoms with Gasteiger partial charge in [-0.05, 0) is 18.6 Å². The molecular formula is C16H21N5O3. The Hall–Kier alpha value is -2.77. The smallest absolute Gasteiger partial charge is 0.328 e. The number of carbonyl (C=O) groups excluding carboxylic acids is 2. The first-order chi connectivity index (χ1) is 11.5. The summed E-state index contributed by atoms with van der Waals surface area (Å²) in [5, 5.41) is 0. The van der Waals surface area contributed by atoms with Crippen molar-refractivity contribution >= 4 is 17.9 Å². The average Bonchev–Trinajstić information content (AvgIpc) is 2.92. The quantitative estimate of drug-likeness (QED) is 0.784. The van der Waals surface area contributed by atoms with Crippen LogP contribution in [0.2, 0.25) is 0 Å². The van der Waals surface area contributed by atoms with E-state index in [-0.39, 0.29) is 17.9 Å². The van der Waals surface area contributed by atoms with Crippen molar-refractivity contribution in [3.8, 4) is 5.75 Å². The highest BCUT2D eigenvalue weighted by molar-refractivity contribution is 6.03. The van der Waals surface area contributed by atoms with Crippen LogP contribution < -0.4 is 10.5 Å². The molecule has 2 aliphatic heterocycles. The zero-order valence-electron chi connectivity index (χ0n) is 13.8. The summed E-state index contributed by atoms with van der Waals surface area (Å²) in [5.41, 5.74) is 5.97. The second-order valence-electron chi connectivity index (χ2n) is 5.84. The monoisotopic (exact) mass is 331 g/mol. The van der Waals surface area contributed by atoms with Crippen LogP contribution in [0, 0.1) is 0 Å². The van der Waals surface area contributed by atoms with Gasteiger partial charge in [-0.3, -0.25) is 9.69 Å². The van der Waals surface area contributed by atoms with Gasteiger partial charge >= 0.3 is 6.03 Å². The van der Waals surface area contributed by atoms with Crippen molar-refractivity contribution in [2.45, 2.75) is 18.6 Å². The number of nitrogens with two attached hydrogens (primary N) is 1. The molecular weight excluding hydrogens is 310 g/mol. The molecule has 24 heavy (non-hydrogen) atoms. The third-order valence-electron chi connectivity index (χ3n) is 4.30. The van der Waals surface area contributed by atoms with Gasteiger partial charge in [0.2, 0.25) is 0 Å². The molecule has 0 aliphatic carbocycles. The van der Waals surface area contributed by atoms with Gasteiger partial charge in [0.25, 0.3) is 5.91 Å². The van der Waals surface area contributed by atoms with Gasteiger partial charge in [0.05, 0.1) is 6.61 Å². The number of likely N-dealkylation sites (N-methyl/N-ethyl adjacent to an activating group) is 2. The Morgan fingerprint density at radius 1 is 1.21 bits per heavy atom. The lowest BCUT2D eigenvalue weighted by molar-refractivity contribution is -0.136. The van der Waals surface area contributed by atoms with Gasteiger partial charge < -0.3 is 20.3 Å². The van der Waals surface area contributed by atoms with Crippen LogP contribution in [0.4, 0.5) is 4.79 Å². The first kappa shape index (κ1) is 16.1. The molecule has 2 unspecified atom stereocenters. The van der Waals surface area contributed by atoms with Crippen molar-refractivity contribution in [3.63, 3.8) is 0 Å². The van der Waals surface area contributed by atoms with Gasteiger partial charge in [0, 0.05) is 20.6 Å². The highest BCUT2D eigenvalue weighted by Crippen LogP contribution is 2.26. The number of imide groups is 1. The van der Waals surface area contributed by atoms with E-state index in [2.05, 4.69) is 4.99 Å². The predicted octanol–water partition coefficient (Wildman–Crippen LogP) is 0.304. The van der Waals surface area contributed by atoms with Crippen LogP contribution in [0.5, 0.6) is 5.75 Å². The molecule has 8 nitrogen and oxygen atoms in total. The van der Waals surface area contributed by atoms with E-state index in [0.717, 1.165) is 10.6 Å². The number of carbonyl (C=O) groups is 2. The molecule has 128 valence electrons. The average molecular weight is 331 g/mol. The van der Waals surface area contributed by atoms with E-state index in [1.807, 2.05) is 30.3 Å². The number of hydrogen-bond acceptors (Lipinski definition) is 6. The van der Waals surface area contributed by atoms with Crippen LogP contribution in [0.3, 0.4) is 0 Å². The summed E-state index contributed by atoms with van der Waals surface area (Å²) in [5.74, 6) is 0.807. The van der Waals surface area contributed by atoms with Crippen molar-refractivity contribution in [3.05, 3.63) is 30.3 Å². The zero-order chi connectivity index (χ0) is 17.3. The summed E-state index contributed by atoms with van der Waals surface area (Å²) < 4.78 is 5.66. The maximum absolute atomic E-state index is 12.4. The number of guanidine groups is 1. The number of rotatable bonds is 5. The van der Waals surface area contributed by atoms with Gasteiger partial charge in [-0.1, -0.05) is 18.2 Å². The number of ether oxygens (including phenoxy) is 1. The molecule has 0 bridgehead atoms. The van der Waals surface area contributed by atoms with Gasteiger partial charge in [0.1, 0.15) is 5.75 Å². The largest absolute Gasteiger partial charge is 0.494 e. The number of urea groups is 1. The Morgan fingerprint density at radius 2 is 1.92 bits per heavy atom. The molecule has 0 radical (unpaired) electrons. The SMILES string of the molecule is CN1C(=O)C2C(N=C(N)N2CCCOc2ccccc2)N(C)C1=O. The maximum atomic E-state index is 12.4. The molecule has 2 atom stereocenters. The van der Waals surface area contributed by atoms with E-state index in [0.29, 0.717) is 19.6 Å². The second-order valence-corrected chi connectivity index (χ2v) is 5.84. The van der Waals surface area contributed by atoms with Crippen molar-refractivity contribution in [2.24, 2.45) is 10.7 Å². The van der Waals surface area contributed by atoms with Crippen molar-refractivity contribution < 1.29 is 14.3 Å². The first-order valence-electron chi connectivity index (χ1n) is 7.83. The minimum Gasteiger partial charge on any atom is -0.494 e. The summed E-state index contributed by atoms with van der Waals surface area (Å²) in [6.45, 7) is 1.04. The van der Waals surface area contributed by atoms with Crippen LogP contribution in [0.1, 0.15) is 6.42 Å². The number of hydrogen-bond donors (Lipinski definition) is 1. The number of aliphatic imine (C=N–C) groups is 1. The minimum absolute atomic E-state index is 0.281. The molecule has 1 fully saturated rings. The second kappa shape index (κ2) is 6.38. The molecule has 1 aromatic carbocycles. The molecule has 2 N–H and O–H groups in total. The fourth-order valence-corrected chi connectivity index (χ4v) is 2.98. The van der Waals surface area contributed by atoms with Crippen LogP contribution >= 0.6 is 0 Å². The van der Waals surface area contributed by atoms with E-state index >= 15 is 0 Å². The molecule has 1 aromatic rings. The summed E-state index contributed by atoms with van der Waals surface area (Å²) >= 11 is 0. The maximum Gasteiger partial charge on any atom is 0.328 e. The molecule has 0 aromatic heterocycles. The highest BCUT2D eigenvalue weighted by Gasteiger charge is 2.50. The molecule has 8 heteroatoms.